The van der Waals surface area contributed by atoms with Gasteiger partial charge in [0.1, 0.15) is 5.82 Å². The highest BCUT2D eigenvalue weighted by atomic mass is 32.2. The number of carbonyl (C=O) groups excluding carboxylic acids is 1. The first-order valence-electron chi connectivity index (χ1n) is 7.58. The zero-order valence-electron chi connectivity index (χ0n) is 13.4. The van der Waals surface area contributed by atoms with E-state index in [0.717, 1.165) is 16.9 Å². The van der Waals surface area contributed by atoms with E-state index in [1.165, 1.54) is 11.8 Å². The summed E-state index contributed by atoms with van der Waals surface area (Å²) in [6.07, 6.45) is 1.82. The fraction of sp³-hybridized carbons (Fsp3) is 0.312. The van der Waals surface area contributed by atoms with Gasteiger partial charge in [0, 0.05) is 19.4 Å². The molecule has 0 fully saturated rings. The second kappa shape index (κ2) is 7.98. The minimum absolute atomic E-state index is 0.0758. The van der Waals surface area contributed by atoms with E-state index in [1.54, 1.807) is 17.9 Å². The summed E-state index contributed by atoms with van der Waals surface area (Å²) in [6.45, 7) is 1.25. The third-order valence-corrected chi connectivity index (χ3v) is 4.29. The second-order valence-electron chi connectivity index (χ2n) is 5.20. The third-order valence-electron chi connectivity index (χ3n) is 3.34. The number of carbonyl (C=O) groups is 1. The minimum Gasteiger partial charge on any atom is -0.383 e. The van der Waals surface area contributed by atoms with E-state index in [9.17, 15) is 4.79 Å². The van der Waals surface area contributed by atoms with Crippen molar-refractivity contribution in [3.05, 3.63) is 42.4 Å². The molecule has 8 heteroatoms. The quantitative estimate of drug-likeness (QED) is 0.654. The number of aromatic amines is 1. The van der Waals surface area contributed by atoms with E-state index in [1.807, 2.05) is 30.5 Å². The third kappa shape index (κ3) is 4.36. The van der Waals surface area contributed by atoms with E-state index in [2.05, 4.69) is 20.4 Å². The number of imidazole rings is 1. The van der Waals surface area contributed by atoms with Gasteiger partial charge in [-0.15, -0.1) is 11.8 Å². The van der Waals surface area contributed by atoms with Crippen LogP contribution in [0.25, 0.3) is 11.0 Å². The first kappa shape index (κ1) is 16.5. The maximum absolute atomic E-state index is 12.0. The van der Waals surface area contributed by atoms with Crippen LogP contribution in [0.4, 0.5) is 5.82 Å². The first-order valence-corrected chi connectivity index (χ1v) is 8.73. The van der Waals surface area contributed by atoms with Crippen molar-refractivity contribution < 1.29 is 9.53 Å². The van der Waals surface area contributed by atoms with Gasteiger partial charge >= 0.3 is 0 Å². The molecule has 24 heavy (non-hydrogen) atoms. The largest absolute Gasteiger partial charge is 0.383 e. The number of hydrogen-bond donors (Lipinski definition) is 2. The van der Waals surface area contributed by atoms with Crippen molar-refractivity contribution in [3.8, 4) is 0 Å². The molecule has 0 bridgehead atoms. The lowest BCUT2D eigenvalue weighted by Crippen LogP contribution is -2.15. The van der Waals surface area contributed by atoms with Crippen LogP contribution in [-0.4, -0.2) is 45.1 Å². The Balaban J connectivity index is 1.44. The summed E-state index contributed by atoms with van der Waals surface area (Å²) in [4.78, 5) is 19.7. The molecule has 0 radical (unpaired) electrons. The van der Waals surface area contributed by atoms with Crippen LogP contribution in [0.15, 0.2) is 36.5 Å². The van der Waals surface area contributed by atoms with E-state index in [-0.39, 0.29) is 5.91 Å². The summed E-state index contributed by atoms with van der Waals surface area (Å²) >= 11 is 1.51. The fourth-order valence-electron chi connectivity index (χ4n) is 2.23. The minimum atomic E-state index is -0.0758. The summed E-state index contributed by atoms with van der Waals surface area (Å²) in [5.74, 6) is 2.36. The van der Waals surface area contributed by atoms with Crippen LogP contribution in [-0.2, 0) is 21.8 Å². The number of para-hydroxylation sites is 2. The molecule has 7 nitrogen and oxygen atoms in total. The van der Waals surface area contributed by atoms with Gasteiger partial charge in [0.15, 0.2) is 5.82 Å². The fourth-order valence-corrected chi connectivity index (χ4v) is 2.92. The Morgan fingerprint density at radius 1 is 1.38 bits per heavy atom. The van der Waals surface area contributed by atoms with Crippen LogP contribution in [0.5, 0.6) is 0 Å². The van der Waals surface area contributed by atoms with Crippen LogP contribution >= 0.6 is 11.8 Å². The van der Waals surface area contributed by atoms with Crippen molar-refractivity contribution >= 4 is 34.5 Å². The Hall–Kier alpha value is -2.32. The highest BCUT2D eigenvalue weighted by Gasteiger charge is 2.07. The molecule has 0 unspecified atom stereocenters. The number of hydrogen-bond acceptors (Lipinski definition) is 5. The number of fused-ring (bicyclic) bond motifs is 1. The van der Waals surface area contributed by atoms with Gasteiger partial charge in [0.2, 0.25) is 5.91 Å². The molecular weight excluding hydrogens is 326 g/mol. The molecule has 1 aromatic carbocycles. The van der Waals surface area contributed by atoms with Crippen molar-refractivity contribution in [2.75, 3.05) is 24.8 Å². The Kier molecular flexibility index (Phi) is 5.50. The second-order valence-corrected chi connectivity index (χ2v) is 6.18. The molecular formula is C16H19N5O2S. The first-order chi connectivity index (χ1) is 11.7. The molecule has 1 amide bonds. The highest BCUT2D eigenvalue weighted by Crippen LogP contribution is 2.15. The van der Waals surface area contributed by atoms with Gasteiger partial charge in [0.25, 0.3) is 0 Å². The molecule has 2 N–H and O–H groups in total. The predicted octanol–water partition coefficient (Wildman–Crippen LogP) is 2.28. The number of rotatable bonds is 8. The summed E-state index contributed by atoms with van der Waals surface area (Å²) in [7, 11) is 1.64. The lowest BCUT2D eigenvalue weighted by molar-refractivity contribution is -0.113. The lowest BCUT2D eigenvalue weighted by atomic mass is 10.3. The maximum atomic E-state index is 12.0. The highest BCUT2D eigenvalue weighted by molar-refractivity contribution is 7.99. The molecule has 126 valence electrons. The summed E-state index contributed by atoms with van der Waals surface area (Å²) in [5.41, 5.74) is 1.96. The van der Waals surface area contributed by atoms with Crippen LogP contribution in [0, 0.1) is 0 Å². The summed E-state index contributed by atoms with van der Waals surface area (Å²) in [6, 6.07) is 9.66. The SMILES string of the molecule is COCCn1ccc(NC(=O)CSCc2nc3ccccc3[nH]2)n1. The van der Waals surface area contributed by atoms with Crippen molar-refractivity contribution in [3.63, 3.8) is 0 Å². The number of methoxy groups -OCH3 is 1. The van der Waals surface area contributed by atoms with Gasteiger partial charge in [0.05, 0.1) is 35.7 Å². The van der Waals surface area contributed by atoms with Gasteiger partial charge in [-0.05, 0) is 12.1 Å². The molecule has 2 heterocycles. The average Bonchev–Trinajstić information content (AvgIpc) is 3.19. The molecule has 0 aliphatic heterocycles. The Labute approximate surface area is 143 Å². The molecule has 0 spiro atoms. The van der Waals surface area contributed by atoms with Crippen molar-refractivity contribution in [2.24, 2.45) is 0 Å². The van der Waals surface area contributed by atoms with Crippen molar-refractivity contribution in [1.82, 2.24) is 19.7 Å². The number of amides is 1. The summed E-state index contributed by atoms with van der Waals surface area (Å²) in [5, 5.41) is 7.05. The number of nitrogens with one attached hydrogen (secondary N) is 2. The number of thioether (sulfide) groups is 1. The van der Waals surface area contributed by atoms with Crippen molar-refractivity contribution in [2.45, 2.75) is 12.3 Å². The molecule has 0 saturated heterocycles. The topological polar surface area (TPSA) is 84.8 Å². The number of anilines is 1. The van der Waals surface area contributed by atoms with Gasteiger partial charge in [-0.3, -0.25) is 9.48 Å². The van der Waals surface area contributed by atoms with Crippen LogP contribution in [0.2, 0.25) is 0 Å². The molecule has 0 aliphatic carbocycles. The summed E-state index contributed by atoms with van der Waals surface area (Å²) < 4.78 is 6.73. The van der Waals surface area contributed by atoms with E-state index in [0.29, 0.717) is 30.5 Å². The van der Waals surface area contributed by atoms with Gasteiger partial charge in [-0.25, -0.2) is 4.98 Å². The van der Waals surface area contributed by atoms with E-state index < -0.39 is 0 Å². The van der Waals surface area contributed by atoms with Crippen LogP contribution < -0.4 is 5.32 Å². The Morgan fingerprint density at radius 2 is 2.25 bits per heavy atom. The molecule has 0 atom stereocenters. The number of benzene rings is 1. The zero-order valence-corrected chi connectivity index (χ0v) is 14.2. The Bertz CT molecular complexity index is 781. The van der Waals surface area contributed by atoms with E-state index >= 15 is 0 Å². The van der Waals surface area contributed by atoms with Gasteiger partial charge < -0.3 is 15.0 Å². The number of aromatic nitrogens is 4. The number of H-pyrrole nitrogens is 1. The number of ether oxygens (including phenoxy) is 1. The van der Waals surface area contributed by atoms with Crippen LogP contribution in [0.3, 0.4) is 0 Å². The van der Waals surface area contributed by atoms with Gasteiger partial charge in [-0.1, -0.05) is 12.1 Å². The van der Waals surface area contributed by atoms with Crippen molar-refractivity contribution in [1.29, 1.82) is 0 Å². The monoisotopic (exact) mass is 345 g/mol. The normalized spacial score (nSPS) is 11.0. The molecule has 2 aromatic heterocycles. The molecule has 3 aromatic rings. The number of nitrogens with zero attached hydrogens (tertiary/aromatic N) is 3. The van der Waals surface area contributed by atoms with Crippen LogP contribution in [0.1, 0.15) is 5.82 Å². The van der Waals surface area contributed by atoms with Gasteiger partial charge in [-0.2, -0.15) is 5.10 Å². The van der Waals surface area contributed by atoms with E-state index in [4.69, 9.17) is 4.74 Å². The average molecular weight is 345 g/mol. The molecule has 3 rings (SSSR count). The molecule has 0 saturated carbocycles. The Morgan fingerprint density at radius 3 is 3.08 bits per heavy atom. The standard InChI is InChI=1S/C16H19N5O2S/c1-23-9-8-21-7-6-14(20-21)19-16(22)11-24-10-15-17-12-4-2-3-5-13(12)18-15/h2-7H,8-11H2,1H3,(H,17,18)(H,19,20,22). The maximum Gasteiger partial charge on any atom is 0.235 e. The molecule has 0 aliphatic rings. The zero-order chi connectivity index (χ0) is 16.8. The smallest absolute Gasteiger partial charge is 0.235 e. The predicted molar refractivity (Wildman–Crippen MR) is 95.0 cm³/mol. The lowest BCUT2D eigenvalue weighted by Gasteiger charge is -2.02.